The third kappa shape index (κ3) is 3.01. The minimum atomic E-state index is -0.480. The van der Waals surface area contributed by atoms with Crippen molar-refractivity contribution in [3.63, 3.8) is 0 Å². The van der Waals surface area contributed by atoms with Gasteiger partial charge in [-0.3, -0.25) is 4.79 Å². The van der Waals surface area contributed by atoms with E-state index in [1.165, 1.54) is 6.42 Å². The maximum absolute atomic E-state index is 12.0. The van der Waals surface area contributed by atoms with E-state index in [0.29, 0.717) is 5.92 Å². The lowest BCUT2D eigenvalue weighted by Gasteiger charge is -2.48. The molecule has 0 aromatic rings. The number of nitrogens with two attached hydrogens (primary N) is 1. The van der Waals surface area contributed by atoms with Crippen molar-refractivity contribution in [1.82, 2.24) is 5.32 Å². The molecule has 1 aliphatic carbocycles. The van der Waals surface area contributed by atoms with E-state index >= 15 is 0 Å². The molecule has 0 saturated heterocycles. The van der Waals surface area contributed by atoms with Gasteiger partial charge in [-0.25, -0.2) is 0 Å². The number of rotatable bonds is 4. The lowest BCUT2D eigenvalue weighted by molar-refractivity contribution is -0.131. The number of hydrogen-bond acceptors (Lipinski definition) is 2. The molecule has 0 aromatic heterocycles. The highest BCUT2D eigenvalue weighted by Crippen LogP contribution is 2.44. The topological polar surface area (TPSA) is 55.1 Å². The molecule has 1 aliphatic rings. The molecular weight excluding hydrogens is 212 g/mol. The second-order valence-corrected chi connectivity index (χ2v) is 6.43. The van der Waals surface area contributed by atoms with Crippen LogP contribution in [0.15, 0.2) is 0 Å². The molecule has 3 heteroatoms. The minimum absolute atomic E-state index is 0.121. The number of amides is 1. The lowest BCUT2D eigenvalue weighted by atomic mass is 9.61. The van der Waals surface area contributed by atoms with Crippen LogP contribution in [0.1, 0.15) is 59.8 Å². The summed E-state index contributed by atoms with van der Waals surface area (Å²) in [6.45, 7) is 9.64. The molecule has 0 heterocycles. The first kappa shape index (κ1) is 14.5. The Morgan fingerprint density at radius 1 is 1.41 bits per heavy atom. The first-order valence-electron chi connectivity index (χ1n) is 6.89. The van der Waals surface area contributed by atoms with Crippen molar-refractivity contribution in [2.75, 3.05) is 6.54 Å². The predicted molar refractivity (Wildman–Crippen MR) is 71.6 cm³/mol. The van der Waals surface area contributed by atoms with Crippen molar-refractivity contribution >= 4 is 5.91 Å². The van der Waals surface area contributed by atoms with Crippen LogP contribution in [-0.4, -0.2) is 18.0 Å². The van der Waals surface area contributed by atoms with Crippen LogP contribution in [0.3, 0.4) is 0 Å². The molecule has 3 N–H and O–H groups in total. The zero-order valence-electron chi connectivity index (χ0n) is 11.8. The fourth-order valence-corrected chi connectivity index (χ4v) is 3.29. The van der Waals surface area contributed by atoms with Crippen molar-refractivity contribution in [1.29, 1.82) is 0 Å². The van der Waals surface area contributed by atoms with Gasteiger partial charge in [-0.1, -0.05) is 40.5 Å². The van der Waals surface area contributed by atoms with E-state index in [2.05, 4.69) is 33.0 Å². The fourth-order valence-electron chi connectivity index (χ4n) is 3.29. The minimum Gasteiger partial charge on any atom is -0.368 e. The number of primary amides is 1. The Labute approximate surface area is 106 Å². The SMILES string of the molecule is CCCNC1(C(N)=O)CCCCC1C(C)(C)C. The molecule has 3 nitrogen and oxygen atoms in total. The smallest absolute Gasteiger partial charge is 0.238 e. The molecule has 17 heavy (non-hydrogen) atoms. The van der Waals surface area contributed by atoms with Crippen molar-refractivity contribution < 1.29 is 4.79 Å². The second kappa shape index (κ2) is 5.38. The Kier molecular flexibility index (Phi) is 4.59. The molecule has 2 unspecified atom stereocenters. The highest BCUT2D eigenvalue weighted by Gasteiger charge is 2.49. The fraction of sp³-hybridized carbons (Fsp3) is 0.929. The molecule has 1 rings (SSSR count). The molecule has 0 spiro atoms. The Balaban J connectivity index is 3.00. The maximum Gasteiger partial charge on any atom is 0.238 e. The summed E-state index contributed by atoms with van der Waals surface area (Å²) in [7, 11) is 0. The van der Waals surface area contributed by atoms with Gasteiger partial charge in [0.25, 0.3) is 0 Å². The number of nitrogens with one attached hydrogen (secondary N) is 1. The standard InChI is InChI=1S/C14H28N2O/c1-5-10-16-14(12(15)17)9-7-6-8-11(14)13(2,3)4/h11,16H,5-10H2,1-4H3,(H2,15,17). The quantitative estimate of drug-likeness (QED) is 0.793. The molecule has 0 aliphatic heterocycles. The molecule has 2 atom stereocenters. The Bertz CT molecular complexity index is 270. The molecular formula is C14H28N2O. The highest BCUT2D eigenvalue weighted by atomic mass is 16.1. The summed E-state index contributed by atoms with van der Waals surface area (Å²) in [5.41, 5.74) is 5.37. The number of hydrogen-bond donors (Lipinski definition) is 2. The Hall–Kier alpha value is -0.570. The van der Waals surface area contributed by atoms with Gasteiger partial charge in [-0.2, -0.15) is 0 Å². The van der Waals surface area contributed by atoms with Crippen LogP contribution in [0.4, 0.5) is 0 Å². The van der Waals surface area contributed by atoms with Gasteiger partial charge < -0.3 is 11.1 Å². The summed E-state index contributed by atoms with van der Waals surface area (Å²) in [5.74, 6) is 0.179. The van der Waals surface area contributed by atoms with Gasteiger partial charge in [-0.05, 0) is 37.1 Å². The van der Waals surface area contributed by atoms with Gasteiger partial charge in [0, 0.05) is 0 Å². The van der Waals surface area contributed by atoms with Crippen molar-refractivity contribution in [2.24, 2.45) is 17.1 Å². The van der Waals surface area contributed by atoms with Gasteiger partial charge in [-0.15, -0.1) is 0 Å². The van der Waals surface area contributed by atoms with Gasteiger partial charge in [0.1, 0.15) is 5.54 Å². The van der Waals surface area contributed by atoms with E-state index in [4.69, 9.17) is 5.73 Å². The van der Waals surface area contributed by atoms with E-state index in [1.54, 1.807) is 0 Å². The second-order valence-electron chi connectivity index (χ2n) is 6.43. The number of carbonyl (C=O) groups is 1. The van der Waals surface area contributed by atoms with Gasteiger partial charge in [0.2, 0.25) is 5.91 Å². The third-order valence-electron chi connectivity index (χ3n) is 4.08. The summed E-state index contributed by atoms with van der Waals surface area (Å²) in [6, 6.07) is 0. The van der Waals surface area contributed by atoms with Crippen LogP contribution in [0, 0.1) is 11.3 Å². The van der Waals surface area contributed by atoms with Crippen molar-refractivity contribution in [3.05, 3.63) is 0 Å². The van der Waals surface area contributed by atoms with E-state index in [-0.39, 0.29) is 11.3 Å². The van der Waals surface area contributed by atoms with Gasteiger partial charge in [0.05, 0.1) is 0 Å². The van der Waals surface area contributed by atoms with E-state index in [0.717, 1.165) is 32.2 Å². The van der Waals surface area contributed by atoms with Crippen LogP contribution < -0.4 is 11.1 Å². The summed E-state index contributed by atoms with van der Waals surface area (Å²) in [6.07, 6.45) is 5.34. The first-order valence-corrected chi connectivity index (χ1v) is 6.89. The van der Waals surface area contributed by atoms with Crippen LogP contribution in [0.25, 0.3) is 0 Å². The molecule has 1 amide bonds. The molecule has 0 aromatic carbocycles. The zero-order chi connectivity index (χ0) is 13.1. The van der Waals surface area contributed by atoms with E-state index < -0.39 is 5.54 Å². The Morgan fingerprint density at radius 2 is 2.06 bits per heavy atom. The summed E-state index contributed by atoms with van der Waals surface area (Å²) in [4.78, 5) is 12.0. The third-order valence-corrected chi connectivity index (χ3v) is 4.08. The number of carbonyl (C=O) groups excluding carboxylic acids is 1. The summed E-state index contributed by atoms with van der Waals surface area (Å²) < 4.78 is 0. The van der Waals surface area contributed by atoms with Crippen LogP contribution in [0.5, 0.6) is 0 Å². The highest BCUT2D eigenvalue weighted by molar-refractivity contribution is 5.85. The first-order chi connectivity index (χ1) is 7.84. The summed E-state index contributed by atoms with van der Waals surface area (Å²) >= 11 is 0. The zero-order valence-corrected chi connectivity index (χ0v) is 11.8. The van der Waals surface area contributed by atoms with Crippen LogP contribution in [-0.2, 0) is 4.79 Å². The molecule has 1 saturated carbocycles. The average Bonchev–Trinajstić information content (AvgIpc) is 2.25. The summed E-state index contributed by atoms with van der Waals surface area (Å²) in [5, 5.41) is 3.47. The van der Waals surface area contributed by atoms with E-state index in [1.807, 2.05) is 0 Å². The molecule has 100 valence electrons. The maximum atomic E-state index is 12.0. The average molecular weight is 240 g/mol. The largest absolute Gasteiger partial charge is 0.368 e. The lowest BCUT2D eigenvalue weighted by Crippen LogP contribution is -2.64. The normalized spacial score (nSPS) is 30.2. The van der Waals surface area contributed by atoms with Gasteiger partial charge >= 0.3 is 0 Å². The van der Waals surface area contributed by atoms with Crippen molar-refractivity contribution in [2.45, 2.75) is 65.3 Å². The molecule has 0 bridgehead atoms. The molecule has 0 radical (unpaired) electrons. The van der Waals surface area contributed by atoms with Crippen molar-refractivity contribution in [3.8, 4) is 0 Å². The van der Waals surface area contributed by atoms with Crippen LogP contribution >= 0.6 is 0 Å². The predicted octanol–water partition coefficient (Wildman–Crippen LogP) is 2.45. The monoisotopic (exact) mass is 240 g/mol. The van der Waals surface area contributed by atoms with E-state index in [9.17, 15) is 4.79 Å². The molecule has 1 fully saturated rings. The van der Waals surface area contributed by atoms with Gasteiger partial charge in [0.15, 0.2) is 0 Å². The van der Waals surface area contributed by atoms with Crippen LogP contribution in [0.2, 0.25) is 0 Å². The Morgan fingerprint density at radius 3 is 2.53 bits per heavy atom.